The van der Waals surface area contributed by atoms with Crippen LogP contribution in [-0.4, -0.2) is 16.9 Å². The van der Waals surface area contributed by atoms with E-state index >= 15 is 0 Å². The number of nitrogens with zero attached hydrogens (tertiary/aromatic N) is 1. The van der Waals surface area contributed by atoms with Gasteiger partial charge in [-0.15, -0.1) is 11.3 Å². The molecule has 88 valence electrons. The number of benzene rings is 1. The highest BCUT2D eigenvalue weighted by molar-refractivity contribution is 9.10. The number of fused-ring (bicyclic) bond motifs is 1. The zero-order valence-corrected chi connectivity index (χ0v) is 11.0. The second kappa shape index (κ2) is 4.29. The van der Waals surface area contributed by atoms with E-state index in [1.807, 2.05) is 12.1 Å². The molecule has 0 saturated carbocycles. The fourth-order valence-corrected chi connectivity index (χ4v) is 2.92. The molecule has 1 N–H and O–H groups in total. The number of aliphatic hydroxyl groups excluding tert-OH is 1. The van der Waals surface area contributed by atoms with Crippen LogP contribution in [0.15, 0.2) is 22.8 Å². The monoisotopic (exact) mass is 313 g/mol. The van der Waals surface area contributed by atoms with Gasteiger partial charge in [-0.3, -0.25) is 0 Å². The molecule has 3 rings (SSSR count). The van der Waals surface area contributed by atoms with Gasteiger partial charge < -0.3 is 14.6 Å². The fourth-order valence-electron chi connectivity index (χ4n) is 1.60. The Bertz CT molecular complexity index is 570. The molecule has 0 fully saturated rings. The van der Waals surface area contributed by atoms with Crippen LogP contribution in [-0.2, 0) is 6.61 Å². The summed E-state index contributed by atoms with van der Waals surface area (Å²) in [5.74, 6) is 1.45. The molecule has 0 radical (unpaired) electrons. The van der Waals surface area contributed by atoms with Crippen molar-refractivity contribution in [1.29, 1.82) is 0 Å². The van der Waals surface area contributed by atoms with Crippen LogP contribution in [0.1, 0.15) is 4.88 Å². The quantitative estimate of drug-likeness (QED) is 0.926. The lowest BCUT2D eigenvalue weighted by Crippen LogP contribution is -1.93. The molecule has 0 unspecified atom stereocenters. The SMILES string of the molecule is OCc1cnc(-c2cc(Br)c3c(c2)OCO3)s1. The second-order valence-corrected chi connectivity index (χ2v) is 5.45. The first-order chi connectivity index (χ1) is 8.28. The number of thiazole rings is 1. The van der Waals surface area contributed by atoms with E-state index < -0.39 is 0 Å². The number of aliphatic hydroxyl groups is 1. The van der Waals surface area contributed by atoms with Gasteiger partial charge >= 0.3 is 0 Å². The van der Waals surface area contributed by atoms with Gasteiger partial charge in [0.1, 0.15) is 5.01 Å². The molecule has 1 aromatic heterocycles. The fraction of sp³-hybridized carbons (Fsp3) is 0.182. The predicted octanol–water partition coefficient (Wildman–Crippen LogP) is 2.79. The molecule has 0 spiro atoms. The highest BCUT2D eigenvalue weighted by Crippen LogP contribution is 2.42. The van der Waals surface area contributed by atoms with Crippen LogP contribution in [0.25, 0.3) is 10.6 Å². The Morgan fingerprint density at radius 3 is 3.06 bits per heavy atom. The molecular weight excluding hydrogens is 306 g/mol. The maximum Gasteiger partial charge on any atom is 0.231 e. The van der Waals surface area contributed by atoms with Crippen LogP contribution in [0, 0.1) is 0 Å². The molecule has 1 aliphatic heterocycles. The zero-order valence-electron chi connectivity index (χ0n) is 8.64. The summed E-state index contributed by atoms with van der Waals surface area (Å²) < 4.78 is 11.5. The van der Waals surface area contributed by atoms with E-state index in [4.69, 9.17) is 14.6 Å². The summed E-state index contributed by atoms with van der Waals surface area (Å²) in [6.45, 7) is 0.264. The standard InChI is InChI=1S/C11H8BrNO3S/c12-8-1-6(2-9-10(8)16-5-15-9)11-13-3-7(4-14)17-11/h1-3,14H,4-5H2. The minimum absolute atomic E-state index is 0.0173. The third-order valence-electron chi connectivity index (χ3n) is 2.38. The summed E-state index contributed by atoms with van der Waals surface area (Å²) in [5, 5.41) is 9.88. The predicted molar refractivity (Wildman–Crippen MR) is 67.3 cm³/mol. The highest BCUT2D eigenvalue weighted by atomic mass is 79.9. The van der Waals surface area contributed by atoms with E-state index in [0.717, 1.165) is 31.4 Å². The molecule has 1 aromatic carbocycles. The van der Waals surface area contributed by atoms with Crippen LogP contribution in [0.4, 0.5) is 0 Å². The van der Waals surface area contributed by atoms with Gasteiger partial charge in [0.25, 0.3) is 0 Å². The maximum atomic E-state index is 9.02. The minimum Gasteiger partial charge on any atom is -0.454 e. The van der Waals surface area contributed by atoms with Gasteiger partial charge in [0.05, 0.1) is 16.0 Å². The summed E-state index contributed by atoms with van der Waals surface area (Å²) >= 11 is 4.90. The minimum atomic E-state index is 0.0173. The van der Waals surface area contributed by atoms with Crippen molar-refractivity contribution in [2.45, 2.75) is 6.61 Å². The summed E-state index contributed by atoms with van der Waals surface area (Å²) in [5.41, 5.74) is 0.950. The van der Waals surface area contributed by atoms with Crippen molar-refractivity contribution in [3.05, 3.63) is 27.7 Å². The Hall–Kier alpha value is -1.11. The normalized spacial score (nSPS) is 13.1. The number of rotatable bonds is 2. The van der Waals surface area contributed by atoms with Gasteiger partial charge in [-0.2, -0.15) is 0 Å². The average Bonchev–Trinajstić information content (AvgIpc) is 2.97. The summed E-state index contributed by atoms with van der Waals surface area (Å²) in [6.07, 6.45) is 1.68. The van der Waals surface area contributed by atoms with Crippen LogP contribution < -0.4 is 9.47 Å². The number of aromatic nitrogens is 1. The zero-order chi connectivity index (χ0) is 11.8. The van der Waals surface area contributed by atoms with Gasteiger partial charge in [-0.25, -0.2) is 4.98 Å². The first kappa shape index (κ1) is 11.0. The Balaban J connectivity index is 2.06. The van der Waals surface area contributed by atoms with Crippen LogP contribution in [0.2, 0.25) is 0 Å². The molecule has 0 atom stereocenters. The van der Waals surface area contributed by atoms with E-state index in [0.29, 0.717) is 0 Å². The average molecular weight is 314 g/mol. The number of hydrogen-bond acceptors (Lipinski definition) is 5. The van der Waals surface area contributed by atoms with Crippen molar-refractivity contribution in [1.82, 2.24) is 4.98 Å². The largest absolute Gasteiger partial charge is 0.454 e. The Morgan fingerprint density at radius 1 is 1.41 bits per heavy atom. The van der Waals surface area contributed by atoms with E-state index in [-0.39, 0.29) is 13.4 Å². The topological polar surface area (TPSA) is 51.6 Å². The first-order valence-corrected chi connectivity index (χ1v) is 6.54. The molecule has 6 heteroatoms. The van der Waals surface area contributed by atoms with E-state index in [1.165, 1.54) is 11.3 Å². The van der Waals surface area contributed by atoms with Gasteiger partial charge in [0, 0.05) is 11.8 Å². The number of ether oxygens (including phenoxy) is 2. The van der Waals surface area contributed by atoms with Gasteiger partial charge in [-0.05, 0) is 28.1 Å². The van der Waals surface area contributed by atoms with Crippen LogP contribution >= 0.6 is 27.3 Å². The third-order valence-corrected chi connectivity index (χ3v) is 4.00. The molecule has 0 amide bonds. The molecule has 17 heavy (non-hydrogen) atoms. The molecule has 0 saturated heterocycles. The van der Waals surface area contributed by atoms with Crippen LogP contribution in [0.3, 0.4) is 0 Å². The van der Waals surface area contributed by atoms with Crippen molar-refractivity contribution >= 4 is 27.3 Å². The van der Waals surface area contributed by atoms with E-state index in [1.54, 1.807) is 6.20 Å². The van der Waals surface area contributed by atoms with Crippen molar-refractivity contribution in [3.63, 3.8) is 0 Å². The Morgan fingerprint density at radius 2 is 2.29 bits per heavy atom. The molecule has 0 aliphatic carbocycles. The van der Waals surface area contributed by atoms with Crippen molar-refractivity contribution < 1.29 is 14.6 Å². The first-order valence-electron chi connectivity index (χ1n) is 4.93. The molecular formula is C11H8BrNO3S. The Labute approximate surface area is 110 Å². The molecule has 2 aromatic rings. The molecule has 4 nitrogen and oxygen atoms in total. The lowest BCUT2D eigenvalue weighted by molar-refractivity contribution is 0.173. The molecule has 1 aliphatic rings. The van der Waals surface area contributed by atoms with E-state index in [9.17, 15) is 0 Å². The van der Waals surface area contributed by atoms with Gasteiger partial charge in [-0.1, -0.05) is 0 Å². The number of halogens is 1. The summed E-state index contributed by atoms with van der Waals surface area (Å²) in [7, 11) is 0. The second-order valence-electron chi connectivity index (χ2n) is 3.48. The number of hydrogen-bond donors (Lipinski definition) is 1. The summed E-state index contributed by atoms with van der Waals surface area (Å²) in [4.78, 5) is 5.11. The van der Waals surface area contributed by atoms with Gasteiger partial charge in [0.15, 0.2) is 11.5 Å². The molecule has 2 heterocycles. The maximum absolute atomic E-state index is 9.02. The van der Waals surface area contributed by atoms with E-state index in [2.05, 4.69) is 20.9 Å². The highest BCUT2D eigenvalue weighted by Gasteiger charge is 2.19. The molecule has 0 bridgehead atoms. The third kappa shape index (κ3) is 1.92. The van der Waals surface area contributed by atoms with Crippen molar-refractivity contribution in [2.24, 2.45) is 0 Å². The Kier molecular flexibility index (Phi) is 2.78. The van der Waals surface area contributed by atoms with Crippen molar-refractivity contribution in [2.75, 3.05) is 6.79 Å². The lowest BCUT2D eigenvalue weighted by Gasteiger charge is -2.02. The van der Waals surface area contributed by atoms with Crippen LogP contribution in [0.5, 0.6) is 11.5 Å². The smallest absolute Gasteiger partial charge is 0.231 e. The summed E-state index contributed by atoms with van der Waals surface area (Å²) in [6, 6.07) is 3.83. The van der Waals surface area contributed by atoms with Crippen molar-refractivity contribution in [3.8, 4) is 22.1 Å². The van der Waals surface area contributed by atoms with Gasteiger partial charge in [0.2, 0.25) is 6.79 Å². The lowest BCUT2D eigenvalue weighted by atomic mass is 10.2.